The number of nitrogens with one attached hydrogen (secondary N) is 1. The van der Waals surface area contributed by atoms with Gasteiger partial charge < -0.3 is 5.32 Å². The third-order valence-electron chi connectivity index (χ3n) is 3.42. The van der Waals surface area contributed by atoms with Gasteiger partial charge >= 0.3 is 0 Å². The van der Waals surface area contributed by atoms with Crippen molar-refractivity contribution in [3.63, 3.8) is 0 Å². The highest BCUT2D eigenvalue weighted by Gasteiger charge is 2.10. The molecule has 3 aromatic rings. The van der Waals surface area contributed by atoms with Crippen LogP contribution >= 0.6 is 27.3 Å². The second-order valence-corrected chi connectivity index (χ2v) is 7.02. The van der Waals surface area contributed by atoms with E-state index in [9.17, 15) is 4.79 Å². The minimum Gasteiger partial charge on any atom is -0.346 e. The topological polar surface area (TPSA) is 42.0 Å². The lowest BCUT2D eigenvalue weighted by atomic mass is 10.1. The van der Waals surface area contributed by atoms with Gasteiger partial charge in [-0.05, 0) is 36.8 Å². The molecule has 23 heavy (non-hydrogen) atoms. The lowest BCUT2D eigenvalue weighted by Crippen LogP contribution is -2.24. The summed E-state index contributed by atoms with van der Waals surface area (Å²) >= 11 is 5.08. The average Bonchev–Trinajstić information content (AvgIpc) is 2.96. The van der Waals surface area contributed by atoms with Crippen molar-refractivity contribution in [1.82, 2.24) is 10.3 Å². The van der Waals surface area contributed by atoms with Crippen molar-refractivity contribution < 1.29 is 4.79 Å². The summed E-state index contributed by atoms with van der Waals surface area (Å²) in [5, 5.41) is 3.79. The van der Waals surface area contributed by atoms with Crippen LogP contribution < -0.4 is 5.32 Å². The second kappa shape index (κ2) is 7.06. The maximum absolute atomic E-state index is 12.1. The van der Waals surface area contributed by atoms with E-state index in [2.05, 4.69) is 26.2 Å². The van der Waals surface area contributed by atoms with Gasteiger partial charge in [0.1, 0.15) is 5.01 Å². The number of para-hydroxylation sites is 1. The highest BCUT2D eigenvalue weighted by atomic mass is 79.9. The fourth-order valence-electron chi connectivity index (χ4n) is 2.27. The van der Waals surface area contributed by atoms with Gasteiger partial charge in [0.15, 0.2) is 0 Å². The summed E-state index contributed by atoms with van der Waals surface area (Å²) < 4.78 is 2.11. The van der Waals surface area contributed by atoms with Gasteiger partial charge in [-0.3, -0.25) is 4.79 Å². The Hall–Kier alpha value is -1.98. The van der Waals surface area contributed by atoms with E-state index in [1.807, 2.05) is 55.5 Å². The SMILES string of the molecule is CC(NC(=O)C=Cc1nc2ccccc2s1)c1ccccc1Br. The summed E-state index contributed by atoms with van der Waals surface area (Å²) in [4.78, 5) is 16.6. The largest absolute Gasteiger partial charge is 0.346 e. The van der Waals surface area contributed by atoms with E-state index in [1.165, 1.54) is 6.08 Å². The van der Waals surface area contributed by atoms with Crippen LogP contribution in [-0.4, -0.2) is 10.9 Å². The molecule has 2 aromatic carbocycles. The predicted molar refractivity (Wildman–Crippen MR) is 99.4 cm³/mol. The number of hydrogen-bond acceptors (Lipinski definition) is 3. The molecule has 1 atom stereocenters. The molecule has 0 fully saturated rings. The Kier molecular flexibility index (Phi) is 4.88. The van der Waals surface area contributed by atoms with Gasteiger partial charge in [-0.15, -0.1) is 11.3 Å². The van der Waals surface area contributed by atoms with Crippen molar-refractivity contribution in [1.29, 1.82) is 0 Å². The van der Waals surface area contributed by atoms with Crippen LogP contribution in [0.1, 0.15) is 23.5 Å². The molecule has 0 bridgehead atoms. The van der Waals surface area contributed by atoms with Gasteiger partial charge in [-0.2, -0.15) is 0 Å². The summed E-state index contributed by atoms with van der Waals surface area (Å²) in [6, 6.07) is 15.7. The number of hydrogen-bond donors (Lipinski definition) is 1. The van der Waals surface area contributed by atoms with Crippen molar-refractivity contribution in [3.05, 3.63) is 69.7 Å². The Morgan fingerprint density at radius 2 is 1.96 bits per heavy atom. The van der Waals surface area contributed by atoms with E-state index in [0.29, 0.717) is 0 Å². The fraction of sp³-hybridized carbons (Fsp3) is 0.111. The van der Waals surface area contributed by atoms with Crippen LogP contribution in [0.15, 0.2) is 59.1 Å². The number of carbonyl (C=O) groups excluding carboxylic acids is 1. The zero-order chi connectivity index (χ0) is 16.2. The molecule has 0 aliphatic rings. The molecule has 0 radical (unpaired) electrons. The van der Waals surface area contributed by atoms with Crippen LogP contribution in [-0.2, 0) is 4.79 Å². The summed E-state index contributed by atoms with van der Waals surface area (Å²) in [7, 11) is 0. The lowest BCUT2D eigenvalue weighted by Gasteiger charge is -2.14. The molecule has 0 spiro atoms. The minimum absolute atomic E-state index is 0.0712. The summed E-state index contributed by atoms with van der Waals surface area (Å²) in [6.07, 6.45) is 3.29. The van der Waals surface area contributed by atoms with Crippen LogP contribution in [0.25, 0.3) is 16.3 Å². The molecule has 116 valence electrons. The Morgan fingerprint density at radius 1 is 1.22 bits per heavy atom. The number of thiazole rings is 1. The van der Waals surface area contributed by atoms with Gasteiger partial charge in [0.25, 0.3) is 0 Å². The van der Waals surface area contributed by atoms with Crippen LogP contribution in [0.4, 0.5) is 0 Å². The zero-order valence-electron chi connectivity index (χ0n) is 12.5. The molecule has 0 saturated carbocycles. The highest BCUT2D eigenvalue weighted by molar-refractivity contribution is 9.10. The maximum atomic E-state index is 12.1. The number of aromatic nitrogens is 1. The summed E-state index contributed by atoms with van der Waals surface area (Å²) in [6.45, 7) is 1.96. The van der Waals surface area contributed by atoms with E-state index in [-0.39, 0.29) is 11.9 Å². The lowest BCUT2D eigenvalue weighted by molar-refractivity contribution is -0.117. The number of amides is 1. The smallest absolute Gasteiger partial charge is 0.244 e. The fourth-order valence-corrected chi connectivity index (χ4v) is 3.77. The third-order valence-corrected chi connectivity index (χ3v) is 5.14. The molecule has 0 aliphatic carbocycles. The van der Waals surface area contributed by atoms with E-state index in [0.717, 1.165) is 25.3 Å². The number of benzene rings is 2. The normalized spacial score (nSPS) is 12.6. The minimum atomic E-state index is -0.132. The molecule has 1 amide bonds. The van der Waals surface area contributed by atoms with E-state index in [1.54, 1.807) is 17.4 Å². The van der Waals surface area contributed by atoms with Crippen molar-refractivity contribution in [2.75, 3.05) is 0 Å². The van der Waals surface area contributed by atoms with Crippen molar-refractivity contribution in [3.8, 4) is 0 Å². The van der Waals surface area contributed by atoms with Crippen LogP contribution in [0, 0.1) is 0 Å². The number of fused-ring (bicyclic) bond motifs is 1. The molecule has 5 heteroatoms. The Labute approximate surface area is 147 Å². The number of nitrogens with zero attached hydrogens (tertiary/aromatic N) is 1. The van der Waals surface area contributed by atoms with Crippen molar-refractivity contribution >= 4 is 49.5 Å². The highest BCUT2D eigenvalue weighted by Crippen LogP contribution is 2.23. The molecule has 1 aromatic heterocycles. The quantitative estimate of drug-likeness (QED) is 0.644. The molecule has 0 saturated heterocycles. The van der Waals surface area contributed by atoms with Crippen molar-refractivity contribution in [2.24, 2.45) is 0 Å². The predicted octanol–water partition coefficient (Wildman–Crippen LogP) is 4.95. The molecule has 3 rings (SSSR count). The first kappa shape index (κ1) is 15.9. The number of halogens is 1. The maximum Gasteiger partial charge on any atom is 0.244 e. The standard InChI is InChI=1S/C18H15BrN2OS/c1-12(13-6-2-3-7-14(13)19)20-17(22)10-11-18-21-15-8-4-5-9-16(15)23-18/h2-12H,1H3,(H,20,22). The molecule has 1 heterocycles. The van der Waals surface area contributed by atoms with E-state index < -0.39 is 0 Å². The third kappa shape index (κ3) is 3.86. The van der Waals surface area contributed by atoms with Gasteiger partial charge in [-0.1, -0.05) is 46.3 Å². The molecular weight excluding hydrogens is 372 g/mol. The molecule has 1 N–H and O–H groups in total. The van der Waals surface area contributed by atoms with E-state index >= 15 is 0 Å². The van der Waals surface area contributed by atoms with Gasteiger partial charge in [0.05, 0.1) is 16.3 Å². The Bertz CT molecular complexity index is 839. The first-order chi connectivity index (χ1) is 11.1. The van der Waals surface area contributed by atoms with Crippen molar-refractivity contribution in [2.45, 2.75) is 13.0 Å². The monoisotopic (exact) mass is 386 g/mol. The first-order valence-corrected chi connectivity index (χ1v) is 8.83. The summed E-state index contributed by atoms with van der Waals surface area (Å²) in [5.41, 5.74) is 2.01. The first-order valence-electron chi connectivity index (χ1n) is 7.22. The van der Waals surface area contributed by atoms with Gasteiger partial charge in [-0.25, -0.2) is 4.98 Å². The summed E-state index contributed by atoms with van der Waals surface area (Å²) in [5.74, 6) is -0.132. The van der Waals surface area contributed by atoms with Gasteiger partial charge in [0.2, 0.25) is 5.91 Å². The van der Waals surface area contributed by atoms with E-state index in [4.69, 9.17) is 0 Å². The average molecular weight is 387 g/mol. The zero-order valence-corrected chi connectivity index (χ0v) is 14.9. The molecule has 0 aliphatic heterocycles. The second-order valence-electron chi connectivity index (χ2n) is 5.10. The Balaban J connectivity index is 1.68. The number of rotatable bonds is 4. The van der Waals surface area contributed by atoms with Gasteiger partial charge in [0, 0.05) is 10.5 Å². The van der Waals surface area contributed by atoms with Crippen LogP contribution in [0.3, 0.4) is 0 Å². The van der Waals surface area contributed by atoms with Crippen LogP contribution in [0.2, 0.25) is 0 Å². The molecule has 3 nitrogen and oxygen atoms in total. The van der Waals surface area contributed by atoms with Crippen LogP contribution in [0.5, 0.6) is 0 Å². The molecule has 1 unspecified atom stereocenters. The molecular formula is C18H15BrN2OS. The number of carbonyl (C=O) groups is 1. The Morgan fingerprint density at radius 3 is 2.74 bits per heavy atom.